The van der Waals surface area contributed by atoms with E-state index in [2.05, 4.69) is 45.6 Å². The first-order chi connectivity index (χ1) is 8.65. The molecule has 1 aromatic rings. The number of hydrogen-bond acceptors (Lipinski definition) is 3. The first-order valence-electron chi connectivity index (χ1n) is 6.34. The Morgan fingerprint density at radius 2 is 2.22 bits per heavy atom. The topological polar surface area (TPSA) is 30.3 Å². The van der Waals surface area contributed by atoms with Crippen LogP contribution in [0.2, 0.25) is 0 Å². The first kappa shape index (κ1) is 13.4. The van der Waals surface area contributed by atoms with Crippen LogP contribution < -0.4 is 4.90 Å². The summed E-state index contributed by atoms with van der Waals surface area (Å²) in [5, 5.41) is 8.93. The summed E-state index contributed by atoms with van der Waals surface area (Å²) in [6.45, 7) is 8.81. The zero-order chi connectivity index (χ0) is 13.1. The number of nitriles is 1. The van der Waals surface area contributed by atoms with Crippen molar-refractivity contribution < 1.29 is 0 Å². The largest absolute Gasteiger partial charge is 0.369 e. The highest BCUT2D eigenvalue weighted by molar-refractivity contribution is 9.10. The molecule has 0 N–H and O–H groups in total. The molecule has 1 aliphatic rings. The van der Waals surface area contributed by atoms with E-state index >= 15 is 0 Å². The lowest BCUT2D eigenvalue weighted by atomic mass is 10.1. The fraction of sp³-hybridized carbons (Fsp3) is 0.500. The number of hydrogen-bond donors (Lipinski definition) is 0. The van der Waals surface area contributed by atoms with Crippen molar-refractivity contribution in [2.24, 2.45) is 0 Å². The van der Waals surface area contributed by atoms with Gasteiger partial charge in [-0.2, -0.15) is 5.26 Å². The molecule has 0 saturated carbocycles. The standard InChI is InChI=1S/C14H18BrN3/c1-3-17-6-7-18(10-11(17)2)13-5-4-12(9-16)14(15)8-13/h4-5,8,11H,3,6-7,10H2,1-2H3. The summed E-state index contributed by atoms with van der Waals surface area (Å²) in [4.78, 5) is 4.89. The molecular formula is C14H18BrN3. The van der Waals surface area contributed by atoms with E-state index in [-0.39, 0.29) is 0 Å². The van der Waals surface area contributed by atoms with Crippen LogP contribution in [0.4, 0.5) is 5.69 Å². The van der Waals surface area contributed by atoms with E-state index < -0.39 is 0 Å². The molecule has 1 atom stereocenters. The molecule has 1 aromatic carbocycles. The summed E-state index contributed by atoms with van der Waals surface area (Å²) in [6.07, 6.45) is 0. The molecule has 3 nitrogen and oxygen atoms in total. The van der Waals surface area contributed by atoms with Gasteiger partial charge in [0.1, 0.15) is 6.07 Å². The van der Waals surface area contributed by atoms with E-state index in [1.807, 2.05) is 18.2 Å². The predicted octanol–water partition coefficient (Wildman–Crippen LogP) is 2.85. The lowest BCUT2D eigenvalue weighted by Crippen LogP contribution is -2.51. The summed E-state index contributed by atoms with van der Waals surface area (Å²) < 4.78 is 0.882. The van der Waals surface area contributed by atoms with Crippen molar-refractivity contribution in [2.45, 2.75) is 19.9 Å². The van der Waals surface area contributed by atoms with E-state index in [0.717, 1.165) is 30.7 Å². The predicted molar refractivity (Wildman–Crippen MR) is 77.8 cm³/mol. The summed E-state index contributed by atoms with van der Waals surface area (Å²) >= 11 is 3.45. The van der Waals surface area contributed by atoms with Gasteiger partial charge in [-0.25, -0.2) is 0 Å². The maximum Gasteiger partial charge on any atom is 0.100 e. The van der Waals surface area contributed by atoms with Crippen LogP contribution in [0.15, 0.2) is 22.7 Å². The van der Waals surface area contributed by atoms with Gasteiger partial charge in [0.25, 0.3) is 0 Å². The summed E-state index contributed by atoms with van der Waals surface area (Å²) in [7, 11) is 0. The molecule has 18 heavy (non-hydrogen) atoms. The molecule has 1 heterocycles. The lowest BCUT2D eigenvalue weighted by Gasteiger charge is -2.40. The zero-order valence-corrected chi connectivity index (χ0v) is 12.4. The minimum Gasteiger partial charge on any atom is -0.369 e. The third-order valence-corrected chi connectivity index (χ3v) is 4.27. The van der Waals surface area contributed by atoms with Gasteiger partial charge >= 0.3 is 0 Å². The van der Waals surface area contributed by atoms with Crippen LogP contribution in [0.3, 0.4) is 0 Å². The second-order valence-corrected chi connectivity index (χ2v) is 5.55. The third-order valence-electron chi connectivity index (χ3n) is 3.61. The van der Waals surface area contributed by atoms with Gasteiger partial charge in [-0.3, -0.25) is 4.90 Å². The number of rotatable bonds is 2. The minimum absolute atomic E-state index is 0.582. The second kappa shape index (κ2) is 5.73. The monoisotopic (exact) mass is 307 g/mol. The summed E-state index contributed by atoms with van der Waals surface area (Å²) in [5.41, 5.74) is 1.89. The Kier molecular flexibility index (Phi) is 4.26. The summed E-state index contributed by atoms with van der Waals surface area (Å²) in [5.74, 6) is 0. The number of likely N-dealkylation sites (N-methyl/N-ethyl adjacent to an activating group) is 1. The average molecular weight is 308 g/mol. The average Bonchev–Trinajstić information content (AvgIpc) is 2.38. The maximum absolute atomic E-state index is 8.93. The number of halogens is 1. The number of benzene rings is 1. The zero-order valence-electron chi connectivity index (χ0n) is 10.9. The number of anilines is 1. The molecule has 0 bridgehead atoms. The highest BCUT2D eigenvalue weighted by Gasteiger charge is 2.22. The lowest BCUT2D eigenvalue weighted by molar-refractivity contribution is 0.199. The van der Waals surface area contributed by atoms with Crippen LogP contribution >= 0.6 is 15.9 Å². The Labute approximate surface area is 117 Å². The molecule has 0 radical (unpaired) electrons. The van der Waals surface area contributed by atoms with E-state index in [0.29, 0.717) is 11.6 Å². The van der Waals surface area contributed by atoms with E-state index in [1.165, 1.54) is 5.69 Å². The second-order valence-electron chi connectivity index (χ2n) is 4.70. The summed E-state index contributed by atoms with van der Waals surface area (Å²) in [6, 6.07) is 8.73. The smallest absolute Gasteiger partial charge is 0.100 e. The van der Waals surface area contributed by atoms with Gasteiger partial charge in [0.05, 0.1) is 5.56 Å². The number of piperazine rings is 1. The fourth-order valence-corrected chi connectivity index (χ4v) is 2.95. The Hall–Kier alpha value is -1.05. The fourth-order valence-electron chi connectivity index (χ4n) is 2.49. The van der Waals surface area contributed by atoms with E-state index in [9.17, 15) is 0 Å². The van der Waals surface area contributed by atoms with Crippen LogP contribution in [-0.2, 0) is 0 Å². The first-order valence-corrected chi connectivity index (χ1v) is 7.13. The van der Waals surface area contributed by atoms with Gasteiger partial charge in [0.2, 0.25) is 0 Å². The third kappa shape index (κ3) is 2.68. The number of nitrogens with zero attached hydrogens (tertiary/aromatic N) is 3. The van der Waals surface area contributed by atoms with Crippen molar-refractivity contribution >= 4 is 21.6 Å². The van der Waals surface area contributed by atoms with Gasteiger partial charge in [-0.1, -0.05) is 6.92 Å². The molecular weight excluding hydrogens is 290 g/mol. The van der Waals surface area contributed by atoms with Crippen molar-refractivity contribution in [3.05, 3.63) is 28.2 Å². The molecule has 1 saturated heterocycles. The Morgan fingerprint density at radius 3 is 2.78 bits per heavy atom. The van der Waals surface area contributed by atoms with Crippen LogP contribution in [-0.4, -0.2) is 37.1 Å². The van der Waals surface area contributed by atoms with Gasteiger partial charge in [0.15, 0.2) is 0 Å². The van der Waals surface area contributed by atoms with Crippen LogP contribution in [0.5, 0.6) is 0 Å². The molecule has 2 rings (SSSR count). The van der Waals surface area contributed by atoms with Crippen molar-refractivity contribution in [1.29, 1.82) is 5.26 Å². The SMILES string of the molecule is CCN1CCN(c2ccc(C#N)c(Br)c2)CC1C. The van der Waals surface area contributed by atoms with Crippen molar-refractivity contribution in [1.82, 2.24) is 4.90 Å². The Bertz CT molecular complexity index is 467. The Balaban J connectivity index is 2.14. The highest BCUT2D eigenvalue weighted by atomic mass is 79.9. The molecule has 1 aliphatic heterocycles. The van der Waals surface area contributed by atoms with Crippen molar-refractivity contribution in [3.8, 4) is 6.07 Å². The molecule has 1 fully saturated rings. The van der Waals surface area contributed by atoms with Crippen LogP contribution in [0, 0.1) is 11.3 Å². The van der Waals surface area contributed by atoms with E-state index in [1.54, 1.807) is 0 Å². The normalized spacial score (nSPS) is 20.8. The van der Waals surface area contributed by atoms with Crippen LogP contribution in [0.25, 0.3) is 0 Å². The van der Waals surface area contributed by atoms with Crippen molar-refractivity contribution in [3.63, 3.8) is 0 Å². The van der Waals surface area contributed by atoms with Crippen molar-refractivity contribution in [2.75, 3.05) is 31.1 Å². The quantitative estimate of drug-likeness (QED) is 0.841. The molecule has 1 unspecified atom stereocenters. The highest BCUT2D eigenvalue weighted by Crippen LogP contribution is 2.25. The van der Waals surface area contributed by atoms with Gasteiger partial charge < -0.3 is 4.90 Å². The molecule has 0 aromatic heterocycles. The van der Waals surface area contributed by atoms with Gasteiger partial charge in [-0.15, -0.1) is 0 Å². The molecule has 0 amide bonds. The van der Waals surface area contributed by atoms with Gasteiger partial charge in [0, 0.05) is 35.8 Å². The molecule has 4 heteroatoms. The van der Waals surface area contributed by atoms with Gasteiger partial charge in [-0.05, 0) is 47.6 Å². The molecule has 0 spiro atoms. The Morgan fingerprint density at radius 1 is 1.44 bits per heavy atom. The maximum atomic E-state index is 8.93. The molecule has 0 aliphatic carbocycles. The van der Waals surface area contributed by atoms with Crippen LogP contribution in [0.1, 0.15) is 19.4 Å². The molecule has 96 valence electrons. The minimum atomic E-state index is 0.582. The van der Waals surface area contributed by atoms with E-state index in [4.69, 9.17) is 5.26 Å².